The first-order chi connectivity index (χ1) is 10.8. The standard InChI is InChI=1S/C18H21NO3/c1-3-4-13-22-16-11-7-5-9-14(16)18(20)19-15-10-6-8-12-17(15)21-2/h5-12H,3-4,13H2,1-2H3,(H,19,20). The number of ether oxygens (including phenoxy) is 2. The van der Waals surface area contributed by atoms with Gasteiger partial charge in [0.25, 0.3) is 5.91 Å². The van der Waals surface area contributed by atoms with Crippen LogP contribution in [0.5, 0.6) is 11.5 Å². The van der Waals surface area contributed by atoms with Crippen molar-refractivity contribution >= 4 is 11.6 Å². The van der Waals surface area contributed by atoms with Crippen LogP contribution in [0, 0.1) is 0 Å². The van der Waals surface area contributed by atoms with Gasteiger partial charge < -0.3 is 14.8 Å². The summed E-state index contributed by atoms with van der Waals surface area (Å²) < 4.78 is 10.9. The lowest BCUT2D eigenvalue weighted by Gasteiger charge is -2.13. The number of para-hydroxylation sites is 3. The molecule has 4 nitrogen and oxygen atoms in total. The number of hydrogen-bond donors (Lipinski definition) is 1. The van der Waals surface area contributed by atoms with E-state index in [0.29, 0.717) is 29.4 Å². The number of hydrogen-bond acceptors (Lipinski definition) is 3. The summed E-state index contributed by atoms with van der Waals surface area (Å²) in [5.41, 5.74) is 1.16. The second-order valence-corrected chi connectivity index (χ2v) is 4.85. The van der Waals surface area contributed by atoms with Crippen molar-refractivity contribution in [3.8, 4) is 11.5 Å². The van der Waals surface area contributed by atoms with Crippen molar-refractivity contribution in [3.63, 3.8) is 0 Å². The molecule has 0 atom stereocenters. The average Bonchev–Trinajstić information content (AvgIpc) is 2.56. The normalized spacial score (nSPS) is 10.1. The van der Waals surface area contributed by atoms with Gasteiger partial charge in [-0.1, -0.05) is 37.6 Å². The molecule has 0 bridgehead atoms. The molecule has 0 saturated carbocycles. The van der Waals surface area contributed by atoms with E-state index < -0.39 is 0 Å². The first-order valence-electron chi connectivity index (χ1n) is 7.42. The minimum atomic E-state index is -0.211. The molecule has 0 saturated heterocycles. The number of rotatable bonds is 7. The molecule has 116 valence electrons. The second-order valence-electron chi connectivity index (χ2n) is 4.85. The lowest BCUT2D eigenvalue weighted by atomic mass is 10.1. The topological polar surface area (TPSA) is 47.6 Å². The Bertz CT molecular complexity index is 625. The van der Waals surface area contributed by atoms with E-state index in [1.165, 1.54) is 0 Å². The summed E-state index contributed by atoms with van der Waals surface area (Å²) in [7, 11) is 1.58. The Kier molecular flexibility index (Phi) is 5.83. The molecule has 22 heavy (non-hydrogen) atoms. The van der Waals surface area contributed by atoms with Crippen molar-refractivity contribution in [2.75, 3.05) is 19.0 Å². The number of nitrogens with one attached hydrogen (secondary N) is 1. The Balaban J connectivity index is 2.15. The van der Waals surface area contributed by atoms with Crippen LogP contribution in [0.1, 0.15) is 30.1 Å². The zero-order valence-corrected chi connectivity index (χ0v) is 13.0. The van der Waals surface area contributed by atoms with E-state index in [-0.39, 0.29) is 5.91 Å². The van der Waals surface area contributed by atoms with Crippen molar-refractivity contribution < 1.29 is 14.3 Å². The van der Waals surface area contributed by atoms with E-state index in [4.69, 9.17) is 9.47 Å². The molecule has 0 aliphatic rings. The third kappa shape index (κ3) is 4.01. The third-order valence-corrected chi connectivity index (χ3v) is 3.24. The molecule has 1 N–H and O–H groups in total. The van der Waals surface area contributed by atoms with Crippen LogP contribution in [-0.2, 0) is 0 Å². The van der Waals surface area contributed by atoms with Gasteiger partial charge in [-0.2, -0.15) is 0 Å². The SMILES string of the molecule is CCCCOc1ccccc1C(=O)Nc1ccccc1OC. The minimum Gasteiger partial charge on any atom is -0.495 e. The third-order valence-electron chi connectivity index (χ3n) is 3.24. The lowest BCUT2D eigenvalue weighted by molar-refractivity contribution is 0.102. The van der Waals surface area contributed by atoms with Crippen molar-refractivity contribution in [1.82, 2.24) is 0 Å². The Labute approximate surface area is 131 Å². The van der Waals surface area contributed by atoms with Gasteiger partial charge in [0.05, 0.1) is 25.0 Å². The van der Waals surface area contributed by atoms with Crippen molar-refractivity contribution in [1.29, 1.82) is 0 Å². The Morgan fingerprint density at radius 2 is 1.73 bits per heavy atom. The summed E-state index contributed by atoms with van der Waals surface area (Å²) in [6.07, 6.45) is 2.01. The molecule has 0 spiro atoms. The van der Waals surface area contributed by atoms with Crippen LogP contribution in [0.2, 0.25) is 0 Å². The molecule has 2 rings (SSSR count). The highest BCUT2D eigenvalue weighted by atomic mass is 16.5. The summed E-state index contributed by atoms with van der Waals surface area (Å²) in [5, 5.41) is 2.86. The van der Waals surface area contributed by atoms with E-state index in [2.05, 4.69) is 12.2 Å². The second kappa shape index (κ2) is 8.08. The zero-order valence-electron chi connectivity index (χ0n) is 13.0. The van der Waals surface area contributed by atoms with E-state index in [1.54, 1.807) is 25.3 Å². The predicted molar refractivity (Wildman–Crippen MR) is 87.8 cm³/mol. The van der Waals surface area contributed by atoms with Gasteiger partial charge in [0.1, 0.15) is 11.5 Å². The maximum absolute atomic E-state index is 12.5. The molecule has 0 aliphatic carbocycles. The first kappa shape index (κ1) is 15.9. The number of benzene rings is 2. The van der Waals surface area contributed by atoms with Crippen molar-refractivity contribution in [3.05, 3.63) is 54.1 Å². The predicted octanol–water partition coefficient (Wildman–Crippen LogP) is 4.13. The van der Waals surface area contributed by atoms with E-state index >= 15 is 0 Å². The van der Waals surface area contributed by atoms with Crippen LogP contribution in [0.25, 0.3) is 0 Å². The fourth-order valence-corrected chi connectivity index (χ4v) is 2.04. The fourth-order valence-electron chi connectivity index (χ4n) is 2.04. The number of unbranched alkanes of at least 4 members (excludes halogenated alkanes) is 1. The Morgan fingerprint density at radius 3 is 2.45 bits per heavy atom. The number of anilines is 1. The average molecular weight is 299 g/mol. The number of methoxy groups -OCH3 is 1. The van der Waals surface area contributed by atoms with E-state index in [1.807, 2.05) is 30.3 Å². The number of amides is 1. The zero-order chi connectivity index (χ0) is 15.8. The molecule has 2 aromatic carbocycles. The molecule has 0 fully saturated rings. The van der Waals surface area contributed by atoms with Gasteiger partial charge in [0.2, 0.25) is 0 Å². The molecule has 0 aliphatic heterocycles. The van der Waals surface area contributed by atoms with E-state index in [0.717, 1.165) is 12.8 Å². The molecule has 0 radical (unpaired) electrons. The maximum atomic E-state index is 12.5. The smallest absolute Gasteiger partial charge is 0.259 e. The molecular formula is C18H21NO3. The summed E-state index contributed by atoms with van der Waals surface area (Å²) in [6.45, 7) is 2.71. The quantitative estimate of drug-likeness (QED) is 0.782. The van der Waals surface area contributed by atoms with Gasteiger partial charge in [0, 0.05) is 0 Å². The Hall–Kier alpha value is -2.49. The van der Waals surface area contributed by atoms with Crippen LogP contribution in [0.4, 0.5) is 5.69 Å². The molecule has 2 aromatic rings. The number of carbonyl (C=O) groups is 1. The number of carbonyl (C=O) groups excluding carboxylic acids is 1. The van der Waals surface area contributed by atoms with Gasteiger partial charge in [0.15, 0.2) is 0 Å². The summed E-state index contributed by atoms with van der Waals surface area (Å²) in [6, 6.07) is 14.6. The van der Waals surface area contributed by atoms with Crippen LogP contribution >= 0.6 is 0 Å². The van der Waals surface area contributed by atoms with Crippen molar-refractivity contribution in [2.45, 2.75) is 19.8 Å². The first-order valence-corrected chi connectivity index (χ1v) is 7.42. The summed E-state index contributed by atoms with van der Waals surface area (Å²) in [5.74, 6) is 1.01. The molecule has 0 aromatic heterocycles. The Morgan fingerprint density at radius 1 is 1.05 bits per heavy atom. The van der Waals surface area contributed by atoms with Gasteiger partial charge in [-0.15, -0.1) is 0 Å². The molecule has 0 unspecified atom stereocenters. The van der Waals surface area contributed by atoms with Crippen LogP contribution < -0.4 is 14.8 Å². The van der Waals surface area contributed by atoms with Crippen LogP contribution in [0.3, 0.4) is 0 Å². The van der Waals surface area contributed by atoms with Gasteiger partial charge in [-0.05, 0) is 30.7 Å². The molecule has 0 heterocycles. The van der Waals surface area contributed by atoms with E-state index in [9.17, 15) is 4.79 Å². The van der Waals surface area contributed by atoms with Crippen LogP contribution in [0.15, 0.2) is 48.5 Å². The minimum absolute atomic E-state index is 0.211. The molecular weight excluding hydrogens is 278 g/mol. The summed E-state index contributed by atoms with van der Waals surface area (Å²) >= 11 is 0. The van der Waals surface area contributed by atoms with Crippen LogP contribution in [-0.4, -0.2) is 19.6 Å². The van der Waals surface area contributed by atoms with Crippen molar-refractivity contribution in [2.24, 2.45) is 0 Å². The van der Waals surface area contributed by atoms with Gasteiger partial charge in [-0.3, -0.25) is 4.79 Å². The molecule has 1 amide bonds. The van der Waals surface area contributed by atoms with Gasteiger partial charge in [-0.25, -0.2) is 0 Å². The highest BCUT2D eigenvalue weighted by molar-refractivity contribution is 6.06. The largest absolute Gasteiger partial charge is 0.495 e. The highest BCUT2D eigenvalue weighted by Gasteiger charge is 2.14. The lowest BCUT2D eigenvalue weighted by Crippen LogP contribution is -2.14. The fraction of sp³-hybridized carbons (Fsp3) is 0.278. The molecule has 4 heteroatoms. The monoisotopic (exact) mass is 299 g/mol. The summed E-state index contributed by atoms with van der Waals surface area (Å²) in [4.78, 5) is 12.5. The van der Waals surface area contributed by atoms with Gasteiger partial charge >= 0.3 is 0 Å². The maximum Gasteiger partial charge on any atom is 0.259 e. The highest BCUT2D eigenvalue weighted by Crippen LogP contribution is 2.25.